The van der Waals surface area contributed by atoms with Gasteiger partial charge in [0.15, 0.2) is 0 Å². The van der Waals surface area contributed by atoms with E-state index in [0.29, 0.717) is 0 Å². The Morgan fingerprint density at radius 2 is 1.03 bits per heavy atom. The van der Waals surface area contributed by atoms with Crippen molar-refractivity contribution >= 4 is 25.6 Å². The summed E-state index contributed by atoms with van der Waals surface area (Å²) in [6.45, 7) is 9.35. The molecule has 2 aliphatic rings. The SMILES string of the molecule is CCc1ccc(C2=CC[C]([Hf+2]([C]3=C(C)C(c4ccc(CC)cc4)=CC3)=[Ge]([CH3])[c]3ccccc3)=C2C)cc1.[Cl-].[Cl-]. The summed E-state index contributed by atoms with van der Waals surface area (Å²) in [4.78, 5) is 0. The van der Waals surface area contributed by atoms with E-state index in [9.17, 15) is 0 Å². The molecule has 0 atom stereocenters. The number of hydrogen-bond acceptors (Lipinski definition) is 0. The van der Waals surface area contributed by atoms with Crippen LogP contribution in [0.25, 0.3) is 11.1 Å². The fourth-order valence-electron chi connectivity index (χ4n) is 5.90. The zero-order valence-corrected chi connectivity index (χ0v) is 30.9. The van der Waals surface area contributed by atoms with E-state index in [1.165, 1.54) is 46.2 Å². The quantitative estimate of drug-likeness (QED) is 0.324. The van der Waals surface area contributed by atoms with Crippen molar-refractivity contribution in [2.75, 3.05) is 0 Å². The van der Waals surface area contributed by atoms with E-state index in [-0.39, 0.29) is 24.8 Å². The predicted molar refractivity (Wildman–Crippen MR) is 160 cm³/mol. The molecule has 0 nitrogen and oxygen atoms in total. The molecule has 5 rings (SSSR count). The molecule has 0 heterocycles. The molecule has 39 heavy (non-hydrogen) atoms. The minimum atomic E-state index is -2.31. The summed E-state index contributed by atoms with van der Waals surface area (Å²) < 4.78 is 5.45. The van der Waals surface area contributed by atoms with Crippen molar-refractivity contribution in [2.24, 2.45) is 0 Å². The third-order valence-electron chi connectivity index (χ3n) is 8.27. The molecule has 0 unspecified atom stereocenters. The summed E-state index contributed by atoms with van der Waals surface area (Å²) in [5.41, 5.74) is 11.9. The first-order valence-corrected chi connectivity index (χ1v) is 30.9. The van der Waals surface area contributed by atoms with Crippen LogP contribution in [0.4, 0.5) is 0 Å². The minimum absolute atomic E-state index is 0. The van der Waals surface area contributed by atoms with Crippen LogP contribution in [0.1, 0.15) is 62.8 Å². The van der Waals surface area contributed by atoms with Gasteiger partial charge in [-0.1, -0.05) is 0 Å². The van der Waals surface area contributed by atoms with E-state index < -0.39 is 28.4 Å². The third-order valence-corrected chi connectivity index (χ3v) is 50.6. The molecule has 0 aromatic heterocycles. The largest absolute Gasteiger partial charge is 1.00 e. The third kappa shape index (κ3) is 6.75. The van der Waals surface area contributed by atoms with Gasteiger partial charge < -0.3 is 24.8 Å². The molecular weight excluding hydrogens is 742 g/mol. The van der Waals surface area contributed by atoms with E-state index in [0.717, 1.165) is 12.8 Å². The summed E-state index contributed by atoms with van der Waals surface area (Å²) in [6, 6.07) is 30.2. The first kappa shape index (κ1) is 32.1. The number of allylic oxidation sites excluding steroid dienone is 8. The summed E-state index contributed by atoms with van der Waals surface area (Å²) in [6.07, 6.45) is 9.65. The first-order chi connectivity index (χ1) is 18.0. The van der Waals surface area contributed by atoms with Gasteiger partial charge in [0.05, 0.1) is 0 Å². The van der Waals surface area contributed by atoms with Crippen LogP contribution in [0.3, 0.4) is 0 Å². The Hall–Kier alpha value is -1.39. The van der Waals surface area contributed by atoms with Crippen LogP contribution in [-0.2, 0) is 31.2 Å². The maximum atomic E-state index is 2.69. The number of rotatable bonds is 7. The number of aryl methyl sites for hydroxylation is 2. The van der Waals surface area contributed by atoms with Crippen LogP contribution < -0.4 is 29.2 Å². The molecular formula is C35H38Cl2GeHf. The fourth-order valence-corrected chi connectivity index (χ4v) is 52.4. The molecule has 0 bridgehead atoms. The second kappa shape index (κ2) is 14.5. The number of benzene rings is 3. The van der Waals surface area contributed by atoms with Crippen LogP contribution in [0.5, 0.6) is 0 Å². The maximum absolute atomic E-state index is 2.69. The molecule has 4 heteroatoms. The molecule has 0 saturated carbocycles. The van der Waals surface area contributed by atoms with E-state index in [1.54, 1.807) is 15.5 Å². The predicted octanol–water partition coefficient (Wildman–Crippen LogP) is 2.79. The number of halogens is 2. The topological polar surface area (TPSA) is 0 Å². The molecule has 3 aromatic rings. The Kier molecular flexibility index (Phi) is 11.9. The summed E-state index contributed by atoms with van der Waals surface area (Å²) in [5.74, 6) is 2.69. The minimum Gasteiger partial charge on any atom is -1.00 e. The average Bonchev–Trinajstić information content (AvgIpc) is 3.52. The van der Waals surface area contributed by atoms with Gasteiger partial charge in [-0.25, -0.2) is 0 Å². The first-order valence-electron chi connectivity index (χ1n) is 13.8. The molecule has 2 aliphatic carbocycles. The average molecular weight is 781 g/mol. The Labute approximate surface area is 256 Å². The molecule has 0 spiro atoms. The van der Waals surface area contributed by atoms with E-state index in [4.69, 9.17) is 0 Å². The van der Waals surface area contributed by atoms with E-state index in [2.05, 4.69) is 124 Å². The second-order valence-electron chi connectivity index (χ2n) is 10.3. The van der Waals surface area contributed by atoms with Crippen LogP contribution in [0.15, 0.2) is 109 Å². The Morgan fingerprint density at radius 1 is 0.615 bits per heavy atom. The Balaban J connectivity index is 0.00000210. The molecule has 0 aliphatic heterocycles. The Bertz CT molecular complexity index is 1380. The van der Waals surface area contributed by atoms with Crippen LogP contribution in [-0.4, -0.2) is 10.1 Å². The monoisotopic (exact) mass is 782 g/mol. The van der Waals surface area contributed by atoms with Crippen molar-refractivity contribution in [3.63, 3.8) is 0 Å². The van der Waals surface area contributed by atoms with Crippen LogP contribution >= 0.6 is 0 Å². The second-order valence-corrected chi connectivity index (χ2v) is 43.8. The van der Waals surface area contributed by atoms with Crippen LogP contribution in [0, 0.1) is 0 Å². The molecule has 0 radical (unpaired) electrons. The fraction of sp³-hybridized carbons (Fsp3) is 0.257. The molecule has 200 valence electrons. The van der Waals surface area contributed by atoms with Gasteiger partial charge in [0, 0.05) is 0 Å². The molecule has 3 aromatic carbocycles. The molecule has 0 amide bonds. The smallest absolute Gasteiger partial charge is 1.00 e. The van der Waals surface area contributed by atoms with E-state index >= 15 is 0 Å². The molecule has 0 N–H and O–H groups in total. The zero-order chi connectivity index (χ0) is 25.9. The van der Waals surface area contributed by atoms with Crippen molar-refractivity contribution < 1.29 is 43.2 Å². The van der Waals surface area contributed by atoms with Gasteiger partial charge in [0.2, 0.25) is 0 Å². The van der Waals surface area contributed by atoms with Gasteiger partial charge in [-0.3, -0.25) is 0 Å². The van der Waals surface area contributed by atoms with Gasteiger partial charge >= 0.3 is 234 Å². The number of hydrogen-bond donors (Lipinski definition) is 0. The summed E-state index contributed by atoms with van der Waals surface area (Å²) in [5, 5.41) is 0. The van der Waals surface area contributed by atoms with Crippen molar-refractivity contribution in [1.82, 2.24) is 0 Å². The van der Waals surface area contributed by atoms with Gasteiger partial charge in [-0.15, -0.1) is 0 Å². The van der Waals surface area contributed by atoms with Crippen molar-refractivity contribution in [1.29, 1.82) is 0 Å². The van der Waals surface area contributed by atoms with Gasteiger partial charge in [0.25, 0.3) is 0 Å². The summed E-state index contributed by atoms with van der Waals surface area (Å²) >= 11 is -2.31. The van der Waals surface area contributed by atoms with Gasteiger partial charge in [-0.2, -0.15) is 0 Å². The molecule has 0 fully saturated rings. The maximum Gasteiger partial charge on any atom is -1.00 e. The van der Waals surface area contributed by atoms with Gasteiger partial charge in [0.1, 0.15) is 0 Å². The van der Waals surface area contributed by atoms with Crippen molar-refractivity contribution in [2.45, 2.75) is 59.1 Å². The van der Waals surface area contributed by atoms with E-state index in [1.807, 2.05) is 6.66 Å². The normalized spacial score (nSPS) is 14.3. The van der Waals surface area contributed by atoms with Crippen molar-refractivity contribution in [3.05, 3.63) is 131 Å². The Morgan fingerprint density at radius 3 is 1.41 bits per heavy atom. The molecule has 0 saturated heterocycles. The van der Waals surface area contributed by atoms with Gasteiger partial charge in [-0.05, 0) is 0 Å². The standard InChI is InChI=1S/2C14H15.C7H8Ge.2ClH.Hf/c2*1-3-12-7-9-13(10-8-12)14-6-4-5-11(14)2;1-8-7-5-3-2-4-6-7;;;/h2*6-10H,3-4H2,1-2H3;2-6H,1H3;2*1H;/q;;;;;+2/p-2. The summed E-state index contributed by atoms with van der Waals surface area (Å²) in [7, 11) is -1.44. The van der Waals surface area contributed by atoms with Crippen molar-refractivity contribution in [3.8, 4) is 0 Å². The zero-order valence-electron chi connectivity index (χ0n) is 23.7. The van der Waals surface area contributed by atoms with Crippen LogP contribution in [0.2, 0.25) is 5.76 Å².